The second-order valence-corrected chi connectivity index (χ2v) is 4.44. The van der Waals surface area contributed by atoms with E-state index in [4.69, 9.17) is 10.5 Å². The Balaban J connectivity index is 1.81. The lowest BCUT2D eigenvalue weighted by molar-refractivity contribution is 0.340. The number of nitrogens with one attached hydrogen (secondary N) is 2. The Kier molecular flexibility index (Phi) is 3.16. The van der Waals surface area contributed by atoms with Gasteiger partial charge in [0.2, 0.25) is 5.95 Å². The van der Waals surface area contributed by atoms with E-state index in [0.29, 0.717) is 18.2 Å². The topological polar surface area (TPSA) is 76.0 Å². The molecule has 1 heterocycles. The number of aromatic nitrogens is 2. The van der Waals surface area contributed by atoms with Crippen LogP contribution in [0.2, 0.25) is 0 Å². The van der Waals surface area contributed by atoms with Gasteiger partial charge in [-0.25, -0.2) is 4.98 Å². The van der Waals surface area contributed by atoms with Crippen molar-refractivity contribution in [2.45, 2.75) is 6.92 Å². The van der Waals surface area contributed by atoms with Gasteiger partial charge in [0.1, 0.15) is 5.75 Å². The van der Waals surface area contributed by atoms with Crippen LogP contribution in [0.4, 0.5) is 17.3 Å². The third kappa shape index (κ3) is 2.51. The van der Waals surface area contributed by atoms with E-state index in [0.717, 1.165) is 22.5 Å². The number of H-pyrrole nitrogens is 1. The first-order chi connectivity index (χ1) is 9.74. The number of nitrogens with two attached hydrogens (primary N) is 1. The number of imidazole rings is 1. The van der Waals surface area contributed by atoms with E-state index in [1.54, 1.807) is 0 Å². The molecule has 1 aromatic heterocycles. The predicted octanol–water partition coefficient (Wildman–Crippen LogP) is 3.29. The molecule has 3 aromatic rings. The summed E-state index contributed by atoms with van der Waals surface area (Å²) in [5.74, 6) is 1.55. The lowest BCUT2D eigenvalue weighted by atomic mass is 10.3. The number of anilines is 3. The molecule has 4 N–H and O–H groups in total. The van der Waals surface area contributed by atoms with Crippen molar-refractivity contribution in [3.05, 3.63) is 42.5 Å². The van der Waals surface area contributed by atoms with Crippen LogP contribution in [0, 0.1) is 0 Å². The van der Waals surface area contributed by atoms with E-state index in [9.17, 15) is 0 Å². The Morgan fingerprint density at radius 3 is 2.75 bits per heavy atom. The molecule has 2 aromatic carbocycles. The number of fused-ring (bicyclic) bond motifs is 1. The number of benzene rings is 2. The maximum atomic E-state index is 5.75. The Labute approximate surface area is 116 Å². The molecule has 5 heteroatoms. The minimum Gasteiger partial charge on any atom is -0.494 e. The van der Waals surface area contributed by atoms with Crippen molar-refractivity contribution < 1.29 is 4.74 Å². The molecule has 0 aliphatic rings. The summed E-state index contributed by atoms with van der Waals surface area (Å²) in [6, 6.07) is 13.3. The van der Waals surface area contributed by atoms with Crippen LogP contribution in [0.15, 0.2) is 42.5 Å². The van der Waals surface area contributed by atoms with Gasteiger partial charge < -0.3 is 20.8 Å². The highest BCUT2D eigenvalue weighted by molar-refractivity contribution is 5.81. The van der Waals surface area contributed by atoms with Crippen molar-refractivity contribution in [1.82, 2.24) is 9.97 Å². The molecule has 0 spiro atoms. The Hall–Kier alpha value is -2.69. The first-order valence-corrected chi connectivity index (χ1v) is 6.50. The maximum absolute atomic E-state index is 5.75. The van der Waals surface area contributed by atoms with Crippen molar-refractivity contribution in [1.29, 1.82) is 0 Å². The predicted molar refractivity (Wildman–Crippen MR) is 81.4 cm³/mol. The van der Waals surface area contributed by atoms with E-state index in [1.807, 2.05) is 49.4 Å². The fourth-order valence-electron chi connectivity index (χ4n) is 2.02. The molecule has 20 heavy (non-hydrogen) atoms. The molecule has 3 rings (SSSR count). The molecule has 102 valence electrons. The largest absolute Gasteiger partial charge is 0.494 e. The van der Waals surface area contributed by atoms with Crippen molar-refractivity contribution in [2.75, 3.05) is 17.7 Å². The summed E-state index contributed by atoms with van der Waals surface area (Å²) in [6.07, 6.45) is 0. The average Bonchev–Trinajstić information content (AvgIpc) is 2.82. The van der Waals surface area contributed by atoms with Gasteiger partial charge >= 0.3 is 0 Å². The van der Waals surface area contributed by atoms with Crippen molar-refractivity contribution >= 4 is 28.4 Å². The van der Waals surface area contributed by atoms with Gasteiger partial charge in [-0.2, -0.15) is 0 Å². The van der Waals surface area contributed by atoms with Crippen molar-refractivity contribution in [3.8, 4) is 5.75 Å². The van der Waals surface area contributed by atoms with Gasteiger partial charge in [0.15, 0.2) is 0 Å². The number of hydrogen-bond donors (Lipinski definition) is 3. The number of nitrogens with zero attached hydrogens (tertiary/aromatic N) is 1. The van der Waals surface area contributed by atoms with Gasteiger partial charge in [-0.15, -0.1) is 0 Å². The standard InChI is InChI=1S/C15H16N4O/c1-2-20-12-6-4-11(5-7-12)17-15-18-13-8-3-10(16)9-14(13)19-15/h3-9H,2,16H2,1H3,(H2,17,18,19). The summed E-state index contributed by atoms with van der Waals surface area (Å²) in [7, 11) is 0. The summed E-state index contributed by atoms with van der Waals surface area (Å²) in [5, 5.41) is 3.22. The van der Waals surface area contributed by atoms with Gasteiger partial charge in [0.25, 0.3) is 0 Å². The fourth-order valence-corrected chi connectivity index (χ4v) is 2.02. The van der Waals surface area contributed by atoms with Crippen molar-refractivity contribution in [2.24, 2.45) is 0 Å². The van der Waals surface area contributed by atoms with Crippen LogP contribution in [0.3, 0.4) is 0 Å². The van der Waals surface area contributed by atoms with E-state index in [2.05, 4.69) is 15.3 Å². The molecule has 0 saturated heterocycles. The molecule has 0 aliphatic heterocycles. The fraction of sp³-hybridized carbons (Fsp3) is 0.133. The van der Waals surface area contributed by atoms with Gasteiger partial charge in [0.05, 0.1) is 17.6 Å². The molecule has 0 amide bonds. The summed E-state index contributed by atoms with van der Waals surface area (Å²) in [5.41, 5.74) is 9.21. The highest BCUT2D eigenvalue weighted by Gasteiger charge is 2.03. The van der Waals surface area contributed by atoms with Crippen LogP contribution < -0.4 is 15.8 Å². The van der Waals surface area contributed by atoms with E-state index in [1.165, 1.54) is 0 Å². The number of ether oxygens (including phenoxy) is 1. The first kappa shape index (κ1) is 12.3. The third-order valence-electron chi connectivity index (χ3n) is 2.93. The van der Waals surface area contributed by atoms with Crippen LogP contribution in [0.5, 0.6) is 5.75 Å². The quantitative estimate of drug-likeness (QED) is 0.635. The van der Waals surface area contributed by atoms with E-state index >= 15 is 0 Å². The second-order valence-electron chi connectivity index (χ2n) is 4.44. The maximum Gasteiger partial charge on any atom is 0.205 e. The second kappa shape index (κ2) is 5.13. The number of rotatable bonds is 4. The van der Waals surface area contributed by atoms with Crippen LogP contribution in [-0.2, 0) is 0 Å². The first-order valence-electron chi connectivity index (χ1n) is 6.50. The molecule has 0 aliphatic carbocycles. The summed E-state index contributed by atoms with van der Waals surface area (Å²) >= 11 is 0. The molecule has 0 saturated carbocycles. The smallest absolute Gasteiger partial charge is 0.205 e. The van der Waals surface area contributed by atoms with E-state index in [-0.39, 0.29) is 0 Å². The molecule has 0 bridgehead atoms. The van der Waals surface area contributed by atoms with Crippen LogP contribution in [-0.4, -0.2) is 16.6 Å². The lowest BCUT2D eigenvalue weighted by Gasteiger charge is -2.05. The Morgan fingerprint density at radius 1 is 1.20 bits per heavy atom. The zero-order valence-electron chi connectivity index (χ0n) is 11.2. The number of nitrogen functional groups attached to an aromatic ring is 1. The molecule has 5 nitrogen and oxygen atoms in total. The number of aromatic amines is 1. The molecular formula is C15H16N4O. The minimum absolute atomic E-state index is 0.664. The molecule has 0 atom stereocenters. The van der Waals surface area contributed by atoms with Crippen molar-refractivity contribution in [3.63, 3.8) is 0 Å². The molecule has 0 fully saturated rings. The highest BCUT2D eigenvalue weighted by atomic mass is 16.5. The minimum atomic E-state index is 0.664. The Bertz CT molecular complexity index is 718. The van der Waals surface area contributed by atoms with Crippen LogP contribution >= 0.6 is 0 Å². The van der Waals surface area contributed by atoms with Crippen LogP contribution in [0.25, 0.3) is 11.0 Å². The van der Waals surface area contributed by atoms with Gasteiger partial charge in [-0.3, -0.25) is 0 Å². The average molecular weight is 268 g/mol. The highest BCUT2D eigenvalue weighted by Crippen LogP contribution is 2.21. The Morgan fingerprint density at radius 2 is 2.00 bits per heavy atom. The van der Waals surface area contributed by atoms with Gasteiger partial charge in [-0.1, -0.05) is 0 Å². The third-order valence-corrected chi connectivity index (χ3v) is 2.93. The SMILES string of the molecule is CCOc1ccc(Nc2nc3ccc(N)cc3[nH]2)cc1. The van der Waals surface area contributed by atoms with Gasteiger partial charge in [0, 0.05) is 11.4 Å². The normalized spacial score (nSPS) is 10.7. The lowest BCUT2D eigenvalue weighted by Crippen LogP contribution is -1.94. The summed E-state index contributed by atoms with van der Waals surface area (Å²) < 4.78 is 5.41. The molecule has 0 radical (unpaired) electrons. The van der Waals surface area contributed by atoms with Gasteiger partial charge in [-0.05, 0) is 49.4 Å². The number of hydrogen-bond acceptors (Lipinski definition) is 4. The zero-order valence-corrected chi connectivity index (χ0v) is 11.2. The monoisotopic (exact) mass is 268 g/mol. The molecule has 0 unspecified atom stereocenters. The van der Waals surface area contributed by atoms with E-state index < -0.39 is 0 Å². The summed E-state index contributed by atoms with van der Waals surface area (Å²) in [4.78, 5) is 7.65. The zero-order chi connectivity index (χ0) is 13.9. The molecular weight excluding hydrogens is 252 g/mol. The van der Waals surface area contributed by atoms with Crippen LogP contribution in [0.1, 0.15) is 6.92 Å². The summed E-state index contributed by atoms with van der Waals surface area (Å²) in [6.45, 7) is 2.63.